The van der Waals surface area contributed by atoms with Crippen molar-refractivity contribution < 1.29 is 4.79 Å². The van der Waals surface area contributed by atoms with Gasteiger partial charge < -0.3 is 10.6 Å². The number of carbonyl (C=O) groups excluding carboxylic acids is 1. The SMILES string of the molecule is CNc1nc(CC(=O)NCCc2ccc(Cl)cc2)cs1. The Labute approximate surface area is 127 Å². The quantitative estimate of drug-likeness (QED) is 0.862. The standard InChI is InChI=1S/C14H16ClN3OS/c1-16-14-18-12(9-20-14)8-13(19)17-7-6-10-2-4-11(15)5-3-10/h2-5,9H,6-8H2,1H3,(H,16,18)(H,17,19). The van der Waals surface area contributed by atoms with Gasteiger partial charge in [0.15, 0.2) is 5.13 Å². The normalized spacial score (nSPS) is 10.3. The molecular weight excluding hydrogens is 294 g/mol. The summed E-state index contributed by atoms with van der Waals surface area (Å²) in [5, 5.41) is 9.29. The molecule has 2 aromatic rings. The van der Waals surface area contributed by atoms with E-state index in [0.29, 0.717) is 13.0 Å². The summed E-state index contributed by atoms with van der Waals surface area (Å²) >= 11 is 7.32. The molecule has 4 nitrogen and oxygen atoms in total. The Balaban J connectivity index is 1.73. The highest BCUT2D eigenvalue weighted by atomic mass is 35.5. The number of nitrogens with zero attached hydrogens (tertiary/aromatic N) is 1. The average molecular weight is 310 g/mol. The zero-order chi connectivity index (χ0) is 14.4. The molecule has 0 saturated heterocycles. The predicted octanol–water partition coefficient (Wildman–Crippen LogP) is 2.74. The van der Waals surface area contributed by atoms with Crippen LogP contribution in [0.3, 0.4) is 0 Å². The zero-order valence-electron chi connectivity index (χ0n) is 11.1. The van der Waals surface area contributed by atoms with Crippen molar-refractivity contribution in [3.8, 4) is 0 Å². The second-order valence-electron chi connectivity index (χ2n) is 4.30. The lowest BCUT2D eigenvalue weighted by molar-refractivity contribution is -0.120. The van der Waals surface area contributed by atoms with Crippen molar-refractivity contribution in [3.05, 3.63) is 45.9 Å². The summed E-state index contributed by atoms with van der Waals surface area (Å²) in [7, 11) is 1.81. The number of amides is 1. The predicted molar refractivity (Wildman–Crippen MR) is 83.5 cm³/mol. The number of thiazole rings is 1. The first-order chi connectivity index (χ1) is 9.67. The fourth-order valence-electron chi connectivity index (χ4n) is 1.73. The van der Waals surface area contributed by atoms with Crippen LogP contribution in [-0.2, 0) is 17.6 Å². The molecule has 0 fully saturated rings. The Kier molecular flexibility index (Phi) is 5.38. The molecule has 1 amide bonds. The molecule has 0 bridgehead atoms. The third kappa shape index (κ3) is 4.51. The van der Waals surface area contributed by atoms with E-state index in [-0.39, 0.29) is 5.91 Å². The molecular formula is C14H16ClN3OS. The van der Waals surface area contributed by atoms with Gasteiger partial charge >= 0.3 is 0 Å². The Morgan fingerprint density at radius 2 is 2.10 bits per heavy atom. The maximum absolute atomic E-state index is 11.8. The Morgan fingerprint density at radius 3 is 2.75 bits per heavy atom. The van der Waals surface area contributed by atoms with Gasteiger partial charge in [-0.05, 0) is 24.1 Å². The molecule has 106 valence electrons. The summed E-state index contributed by atoms with van der Waals surface area (Å²) in [6.07, 6.45) is 1.11. The molecule has 0 aliphatic rings. The van der Waals surface area contributed by atoms with E-state index in [2.05, 4.69) is 15.6 Å². The minimum atomic E-state index is -0.00748. The van der Waals surface area contributed by atoms with Crippen LogP contribution in [0.2, 0.25) is 5.02 Å². The smallest absolute Gasteiger partial charge is 0.226 e. The number of aromatic nitrogens is 1. The number of benzene rings is 1. The van der Waals surface area contributed by atoms with Crippen LogP contribution >= 0.6 is 22.9 Å². The summed E-state index contributed by atoms with van der Waals surface area (Å²) in [6, 6.07) is 7.64. The van der Waals surface area contributed by atoms with Crippen LogP contribution in [0, 0.1) is 0 Å². The van der Waals surface area contributed by atoms with Crippen LogP contribution in [0.1, 0.15) is 11.3 Å². The van der Waals surface area contributed by atoms with E-state index in [0.717, 1.165) is 27.8 Å². The van der Waals surface area contributed by atoms with E-state index in [4.69, 9.17) is 11.6 Å². The molecule has 2 rings (SSSR count). The highest BCUT2D eigenvalue weighted by Crippen LogP contribution is 2.14. The molecule has 0 radical (unpaired) electrons. The molecule has 20 heavy (non-hydrogen) atoms. The first-order valence-corrected chi connectivity index (χ1v) is 7.56. The molecule has 1 aromatic heterocycles. The van der Waals surface area contributed by atoms with Crippen molar-refractivity contribution in [2.45, 2.75) is 12.8 Å². The van der Waals surface area contributed by atoms with Gasteiger partial charge in [-0.1, -0.05) is 23.7 Å². The van der Waals surface area contributed by atoms with Crippen molar-refractivity contribution in [2.24, 2.45) is 0 Å². The molecule has 0 saturated carbocycles. The number of hydrogen-bond donors (Lipinski definition) is 2. The van der Waals surface area contributed by atoms with E-state index in [1.807, 2.05) is 36.7 Å². The van der Waals surface area contributed by atoms with Gasteiger partial charge in [-0.2, -0.15) is 0 Å². The Morgan fingerprint density at radius 1 is 1.35 bits per heavy atom. The first-order valence-electron chi connectivity index (χ1n) is 6.30. The van der Waals surface area contributed by atoms with Crippen LogP contribution in [0.4, 0.5) is 5.13 Å². The number of hydrogen-bond acceptors (Lipinski definition) is 4. The average Bonchev–Trinajstić information content (AvgIpc) is 2.88. The van der Waals surface area contributed by atoms with Gasteiger partial charge in [-0.15, -0.1) is 11.3 Å². The number of nitrogens with one attached hydrogen (secondary N) is 2. The summed E-state index contributed by atoms with van der Waals surface area (Å²) in [5.41, 5.74) is 1.95. The van der Waals surface area contributed by atoms with Gasteiger partial charge in [0.2, 0.25) is 5.91 Å². The van der Waals surface area contributed by atoms with E-state index in [1.54, 1.807) is 0 Å². The van der Waals surface area contributed by atoms with Crippen molar-refractivity contribution in [1.82, 2.24) is 10.3 Å². The molecule has 2 N–H and O–H groups in total. The van der Waals surface area contributed by atoms with Gasteiger partial charge in [0, 0.05) is 24.0 Å². The van der Waals surface area contributed by atoms with Crippen LogP contribution in [0.15, 0.2) is 29.6 Å². The molecule has 1 heterocycles. The highest BCUT2D eigenvalue weighted by molar-refractivity contribution is 7.13. The monoisotopic (exact) mass is 309 g/mol. The lowest BCUT2D eigenvalue weighted by atomic mass is 10.1. The largest absolute Gasteiger partial charge is 0.365 e. The van der Waals surface area contributed by atoms with Crippen LogP contribution in [0.25, 0.3) is 0 Å². The lowest BCUT2D eigenvalue weighted by Crippen LogP contribution is -2.27. The number of halogens is 1. The van der Waals surface area contributed by atoms with Crippen molar-refractivity contribution in [2.75, 3.05) is 18.9 Å². The molecule has 0 aliphatic carbocycles. The van der Waals surface area contributed by atoms with Gasteiger partial charge in [0.05, 0.1) is 12.1 Å². The third-order valence-corrected chi connectivity index (χ3v) is 3.92. The molecule has 0 unspecified atom stereocenters. The lowest BCUT2D eigenvalue weighted by Gasteiger charge is -2.04. The van der Waals surface area contributed by atoms with Gasteiger partial charge in [0.1, 0.15) is 0 Å². The molecule has 1 aromatic carbocycles. The summed E-state index contributed by atoms with van der Waals surface area (Å²) in [4.78, 5) is 16.0. The van der Waals surface area contributed by atoms with Crippen LogP contribution < -0.4 is 10.6 Å². The summed E-state index contributed by atoms with van der Waals surface area (Å²) < 4.78 is 0. The molecule has 0 aliphatic heterocycles. The third-order valence-electron chi connectivity index (χ3n) is 2.76. The van der Waals surface area contributed by atoms with E-state index >= 15 is 0 Å². The van der Waals surface area contributed by atoms with Crippen LogP contribution in [-0.4, -0.2) is 24.5 Å². The maximum Gasteiger partial charge on any atom is 0.226 e. The minimum Gasteiger partial charge on any atom is -0.365 e. The van der Waals surface area contributed by atoms with E-state index in [9.17, 15) is 4.79 Å². The topological polar surface area (TPSA) is 54.0 Å². The first kappa shape index (κ1) is 14.8. The van der Waals surface area contributed by atoms with Gasteiger partial charge in [-0.25, -0.2) is 4.98 Å². The zero-order valence-corrected chi connectivity index (χ0v) is 12.7. The number of anilines is 1. The second kappa shape index (κ2) is 7.26. The summed E-state index contributed by atoms with van der Waals surface area (Å²) in [5.74, 6) is -0.00748. The van der Waals surface area contributed by atoms with E-state index in [1.165, 1.54) is 11.3 Å². The minimum absolute atomic E-state index is 0.00748. The maximum atomic E-state index is 11.8. The number of rotatable bonds is 6. The van der Waals surface area contributed by atoms with Gasteiger partial charge in [-0.3, -0.25) is 4.79 Å². The Hall–Kier alpha value is -1.59. The van der Waals surface area contributed by atoms with E-state index < -0.39 is 0 Å². The second-order valence-corrected chi connectivity index (χ2v) is 5.59. The number of carbonyl (C=O) groups is 1. The fourth-order valence-corrected chi connectivity index (χ4v) is 2.52. The summed E-state index contributed by atoms with van der Waals surface area (Å²) in [6.45, 7) is 0.615. The van der Waals surface area contributed by atoms with Crippen molar-refractivity contribution in [3.63, 3.8) is 0 Å². The van der Waals surface area contributed by atoms with Crippen molar-refractivity contribution >= 4 is 34.0 Å². The van der Waals surface area contributed by atoms with Gasteiger partial charge in [0.25, 0.3) is 0 Å². The molecule has 0 spiro atoms. The molecule has 0 atom stereocenters. The van der Waals surface area contributed by atoms with Crippen molar-refractivity contribution in [1.29, 1.82) is 0 Å². The fraction of sp³-hybridized carbons (Fsp3) is 0.286. The van der Waals surface area contributed by atoms with Crippen LogP contribution in [0.5, 0.6) is 0 Å². The Bertz CT molecular complexity index is 568. The molecule has 6 heteroatoms. The highest BCUT2D eigenvalue weighted by Gasteiger charge is 2.06.